The number of aromatic nitrogens is 2. The third-order valence-corrected chi connectivity index (χ3v) is 4.88. The van der Waals surface area contributed by atoms with E-state index in [1.165, 1.54) is 4.31 Å². The van der Waals surface area contributed by atoms with Crippen LogP contribution in [-0.4, -0.2) is 49.2 Å². The van der Waals surface area contributed by atoms with Gasteiger partial charge in [0.2, 0.25) is 0 Å². The Hall–Kier alpha value is -0.960. The molecule has 18 heavy (non-hydrogen) atoms. The lowest BCUT2D eigenvalue weighted by molar-refractivity contribution is 0.148. The number of nitrogens with zero attached hydrogens (tertiary/aromatic N) is 2. The average Bonchev–Trinajstić information content (AvgIpc) is 2.56. The van der Waals surface area contributed by atoms with E-state index in [1.54, 1.807) is 6.92 Å². The summed E-state index contributed by atoms with van der Waals surface area (Å²) in [6, 6.07) is 0. The minimum absolute atomic E-state index is 0.0457. The van der Waals surface area contributed by atoms with Crippen molar-refractivity contribution in [1.82, 2.24) is 14.5 Å². The molecule has 8 heteroatoms. The maximum absolute atomic E-state index is 12.5. The average molecular weight is 274 g/mol. The zero-order chi connectivity index (χ0) is 13.2. The van der Waals surface area contributed by atoms with Crippen molar-refractivity contribution in [2.24, 2.45) is 5.73 Å². The van der Waals surface area contributed by atoms with Crippen LogP contribution in [0.25, 0.3) is 0 Å². The second-order valence-corrected chi connectivity index (χ2v) is 6.06. The van der Waals surface area contributed by atoms with Crippen molar-refractivity contribution in [2.45, 2.75) is 24.9 Å². The quantitative estimate of drug-likeness (QED) is 0.780. The van der Waals surface area contributed by atoms with Gasteiger partial charge in [0.1, 0.15) is 0 Å². The van der Waals surface area contributed by atoms with Gasteiger partial charge in [-0.2, -0.15) is 9.40 Å². The standard InChI is InChI=1S/C10H18N4O3S/c1-8-9(7-11)10(13-12-8)18(15,16)14-3-2-5-17-6-4-14/h2-7,11H2,1H3,(H,12,13). The van der Waals surface area contributed by atoms with Crippen molar-refractivity contribution in [3.63, 3.8) is 0 Å². The van der Waals surface area contributed by atoms with Crippen LogP contribution in [0, 0.1) is 6.92 Å². The normalized spacial score (nSPS) is 18.8. The van der Waals surface area contributed by atoms with Crippen LogP contribution in [0.3, 0.4) is 0 Å². The minimum atomic E-state index is -3.58. The molecule has 102 valence electrons. The van der Waals surface area contributed by atoms with Gasteiger partial charge in [0.15, 0.2) is 5.03 Å². The Morgan fingerprint density at radius 1 is 1.44 bits per heavy atom. The topological polar surface area (TPSA) is 101 Å². The summed E-state index contributed by atoms with van der Waals surface area (Å²) in [4.78, 5) is 0. The summed E-state index contributed by atoms with van der Waals surface area (Å²) in [5.41, 5.74) is 6.84. The van der Waals surface area contributed by atoms with Gasteiger partial charge < -0.3 is 10.5 Å². The summed E-state index contributed by atoms with van der Waals surface area (Å²) in [5, 5.41) is 6.62. The Balaban J connectivity index is 2.34. The van der Waals surface area contributed by atoms with Gasteiger partial charge in [-0.25, -0.2) is 8.42 Å². The highest BCUT2D eigenvalue weighted by molar-refractivity contribution is 7.89. The van der Waals surface area contributed by atoms with Crippen molar-refractivity contribution in [3.8, 4) is 0 Å². The van der Waals surface area contributed by atoms with Gasteiger partial charge >= 0.3 is 0 Å². The number of hydrogen-bond acceptors (Lipinski definition) is 5. The lowest BCUT2D eigenvalue weighted by Crippen LogP contribution is -2.34. The van der Waals surface area contributed by atoms with E-state index in [2.05, 4.69) is 10.2 Å². The third kappa shape index (κ3) is 2.41. The van der Waals surface area contributed by atoms with Gasteiger partial charge in [0.05, 0.1) is 6.61 Å². The number of H-pyrrole nitrogens is 1. The second kappa shape index (κ2) is 5.35. The molecule has 2 rings (SSSR count). The fourth-order valence-electron chi connectivity index (χ4n) is 1.97. The molecule has 1 aromatic heterocycles. The molecule has 0 radical (unpaired) electrons. The highest BCUT2D eigenvalue weighted by Gasteiger charge is 2.30. The van der Waals surface area contributed by atoms with Crippen LogP contribution in [0.15, 0.2) is 5.03 Å². The monoisotopic (exact) mass is 274 g/mol. The smallest absolute Gasteiger partial charge is 0.262 e. The van der Waals surface area contributed by atoms with E-state index in [9.17, 15) is 8.42 Å². The number of nitrogens with one attached hydrogen (secondary N) is 1. The van der Waals surface area contributed by atoms with Crippen molar-refractivity contribution in [3.05, 3.63) is 11.3 Å². The maximum Gasteiger partial charge on any atom is 0.262 e. The molecule has 0 aromatic carbocycles. The fourth-order valence-corrected chi connectivity index (χ4v) is 3.61. The van der Waals surface area contributed by atoms with Crippen molar-refractivity contribution in [2.75, 3.05) is 26.3 Å². The Kier molecular flexibility index (Phi) is 4.00. The molecule has 1 aliphatic rings. The van der Waals surface area contributed by atoms with Gasteiger partial charge in [0, 0.05) is 37.5 Å². The van der Waals surface area contributed by atoms with Gasteiger partial charge in [-0.15, -0.1) is 0 Å². The third-order valence-electron chi connectivity index (χ3n) is 3.01. The Bertz CT molecular complexity index is 503. The first-order valence-corrected chi connectivity index (χ1v) is 7.33. The predicted molar refractivity (Wildman–Crippen MR) is 65.4 cm³/mol. The van der Waals surface area contributed by atoms with Gasteiger partial charge in [-0.3, -0.25) is 5.10 Å². The largest absolute Gasteiger partial charge is 0.380 e. The molecule has 0 saturated carbocycles. The summed E-state index contributed by atoms with van der Waals surface area (Å²) in [5.74, 6) is 0. The van der Waals surface area contributed by atoms with Crippen molar-refractivity contribution < 1.29 is 13.2 Å². The zero-order valence-corrected chi connectivity index (χ0v) is 11.2. The zero-order valence-electron chi connectivity index (χ0n) is 10.3. The highest BCUT2D eigenvalue weighted by atomic mass is 32.2. The van der Waals surface area contributed by atoms with E-state index < -0.39 is 10.0 Å². The molecule has 1 saturated heterocycles. The molecule has 0 unspecified atom stereocenters. The maximum atomic E-state index is 12.5. The number of aryl methyl sites for hydroxylation is 1. The Morgan fingerprint density at radius 3 is 2.94 bits per heavy atom. The summed E-state index contributed by atoms with van der Waals surface area (Å²) >= 11 is 0. The number of hydrogen-bond donors (Lipinski definition) is 2. The van der Waals surface area contributed by atoms with Crippen LogP contribution >= 0.6 is 0 Å². The summed E-state index contributed by atoms with van der Waals surface area (Å²) < 4.78 is 31.6. The van der Waals surface area contributed by atoms with Crippen LogP contribution in [0.2, 0.25) is 0 Å². The molecule has 1 aromatic rings. The molecule has 2 heterocycles. The van der Waals surface area contributed by atoms with E-state index in [0.717, 1.165) is 0 Å². The van der Waals surface area contributed by atoms with Crippen molar-refractivity contribution >= 4 is 10.0 Å². The van der Waals surface area contributed by atoms with Crippen LogP contribution in [0.5, 0.6) is 0 Å². The minimum Gasteiger partial charge on any atom is -0.380 e. The molecular formula is C10H18N4O3S. The first-order valence-electron chi connectivity index (χ1n) is 5.89. The molecule has 7 nitrogen and oxygen atoms in total. The fraction of sp³-hybridized carbons (Fsp3) is 0.700. The van der Waals surface area contributed by atoms with Gasteiger partial charge in [-0.05, 0) is 13.3 Å². The summed E-state index contributed by atoms with van der Waals surface area (Å²) in [6.45, 7) is 3.74. The summed E-state index contributed by atoms with van der Waals surface area (Å²) in [6.07, 6.45) is 0.695. The first kappa shape index (κ1) is 13.5. The number of rotatable bonds is 3. The lowest BCUT2D eigenvalue weighted by Gasteiger charge is -2.18. The SMILES string of the molecule is Cc1[nH]nc(S(=O)(=O)N2CCCOCC2)c1CN. The molecule has 0 amide bonds. The molecule has 1 fully saturated rings. The number of ether oxygens (including phenoxy) is 1. The van der Waals surface area contributed by atoms with Crippen LogP contribution in [-0.2, 0) is 21.3 Å². The van der Waals surface area contributed by atoms with Crippen LogP contribution in [0.1, 0.15) is 17.7 Å². The van der Waals surface area contributed by atoms with E-state index in [-0.39, 0.29) is 11.6 Å². The number of nitrogens with two attached hydrogens (primary N) is 1. The molecule has 3 N–H and O–H groups in total. The number of aromatic amines is 1. The van der Waals surface area contributed by atoms with E-state index in [1.807, 2.05) is 0 Å². The Labute approximate surface area is 106 Å². The molecule has 0 bridgehead atoms. The van der Waals surface area contributed by atoms with E-state index >= 15 is 0 Å². The highest BCUT2D eigenvalue weighted by Crippen LogP contribution is 2.20. The number of sulfonamides is 1. The van der Waals surface area contributed by atoms with Gasteiger partial charge in [0.25, 0.3) is 10.0 Å². The molecule has 0 aliphatic carbocycles. The molecular weight excluding hydrogens is 256 g/mol. The van der Waals surface area contributed by atoms with Crippen molar-refractivity contribution in [1.29, 1.82) is 0 Å². The first-order chi connectivity index (χ1) is 8.57. The molecule has 0 spiro atoms. The lowest BCUT2D eigenvalue weighted by atomic mass is 10.3. The Morgan fingerprint density at radius 2 is 2.22 bits per heavy atom. The second-order valence-electron chi connectivity index (χ2n) is 4.21. The van der Waals surface area contributed by atoms with Gasteiger partial charge in [-0.1, -0.05) is 0 Å². The van der Waals surface area contributed by atoms with E-state index in [0.29, 0.717) is 44.0 Å². The van der Waals surface area contributed by atoms with Crippen LogP contribution in [0.4, 0.5) is 0 Å². The van der Waals surface area contributed by atoms with Crippen LogP contribution < -0.4 is 5.73 Å². The molecule has 0 atom stereocenters. The summed E-state index contributed by atoms with van der Waals surface area (Å²) in [7, 11) is -3.58. The van der Waals surface area contributed by atoms with E-state index in [4.69, 9.17) is 10.5 Å². The molecule has 1 aliphatic heterocycles. The predicted octanol–water partition coefficient (Wildman–Crippen LogP) is -0.412.